The van der Waals surface area contributed by atoms with E-state index in [0.717, 1.165) is 3.57 Å². The van der Waals surface area contributed by atoms with Gasteiger partial charge in [0.1, 0.15) is 11.9 Å². The molecule has 0 saturated carbocycles. The highest BCUT2D eigenvalue weighted by Gasteiger charge is 2.27. The van der Waals surface area contributed by atoms with Crippen molar-refractivity contribution in [1.82, 2.24) is 0 Å². The van der Waals surface area contributed by atoms with Gasteiger partial charge in [0.2, 0.25) is 0 Å². The summed E-state index contributed by atoms with van der Waals surface area (Å²) >= 11 is 6.00. The van der Waals surface area contributed by atoms with E-state index in [-0.39, 0.29) is 24.0 Å². The topological polar surface area (TPSA) is 84.9 Å². The first-order valence-corrected chi connectivity index (χ1v) is 10.4. The second kappa shape index (κ2) is 11.2. The van der Waals surface area contributed by atoms with Gasteiger partial charge < -0.3 is 14.6 Å². The molecule has 0 aliphatic heterocycles. The molecular formula is C20H22INO5S. The lowest BCUT2D eigenvalue weighted by Crippen LogP contribution is -2.23. The Morgan fingerprint density at radius 3 is 2.61 bits per heavy atom. The van der Waals surface area contributed by atoms with E-state index in [2.05, 4.69) is 40.5 Å². The highest BCUT2D eigenvalue weighted by atomic mass is 127. The maximum Gasteiger partial charge on any atom is 0.412 e. The predicted octanol–water partition coefficient (Wildman–Crippen LogP) is 4.79. The number of benzene rings is 2. The summed E-state index contributed by atoms with van der Waals surface area (Å²) in [5.74, 6) is -0.576. The Morgan fingerprint density at radius 2 is 1.93 bits per heavy atom. The molecule has 0 saturated heterocycles. The van der Waals surface area contributed by atoms with Gasteiger partial charge in [-0.15, -0.1) is 0 Å². The van der Waals surface area contributed by atoms with Crippen molar-refractivity contribution in [3.63, 3.8) is 0 Å². The van der Waals surface area contributed by atoms with E-state index in [1.165, 1.54) is 0 Å². The minimum atomic E-state index is -0.715. The maximum atomic E-state index is 12.4. The summed E-state index contributed by atoms with van der Waals surface area (Å²) in [5.41, 5.74) is 1.11. The third kappa shape index (κ3) is 6.90. The van der Waals surface area contributed by atoms with Gasteiger partial charge in [-0.3, -0.25) is 10.1 Å². The first-order valence-electron chi connectivity index (χ1n) is 8.68. The van der Waals surface area contributed by atoms with E-state index < -0.39 is 18.2 Å². The average Bonchev–Trinajstić information content (AvgIpc) is 2.68. The zero-order valence-electron chi connectivity index (χ0n) is 15.3. The number of phenolic OH excluding ortho intramolecular Hbond substituents is 1. The number of thiol groups is 1. The Bertz CT molecular complexity index is 802. The number of carbonyl (C=O) groups excluding carboxylic acids is 2. The monoisotopic (exact) mass is 515 g/mol. The summed E-state index contributed by atoms with van der Waals surface area (Å²) in [7, 11) is 0. The molecule has 0 fully saturated rings. The average molecular weight is 515 g/mol. The number of hydrogen-bond donors (Lipinski definition) is 3. The van der Waals surface area contributed by atoms with Crippen molar-refractivity contribution >= 4 is 53.0 Å². The standard InChI is InChI=1S/C20H22INO5S/c1-13(9-10-26-18(24)12-28)19(16-11-14(21)7-8-17(16)23)27-20(25)22-15-5-3-2-4-6-15/h2-8,11,13,19,23,28H,9-10,12H2,1H3,(H,22,25)/t13-,19+/m1/s1. The number of anilines is 1. The molecule has 0 radical (unpaired) electrons. The number of amides is 1. The smallest absolute Gasteiger partial charge is 0.412 e. The Kier molecular flexibility index (Phi) is 8.91. The molecule has 0 bridgehead atoms. The predicted molar refractivity (Wildman–Crippen MR) is 119 cm³/mol. The number of halogens is 1. The zero-order valence-corrected chi connectivity index (χ0v) is 18.4. The van der Waals surface area contributed by atoms with Crippen molar-refractivity contribution in [3.8, 4) is 5.75 Å². The van der Waals surface area contributed by atoms with E-state index in [1.807, 2.05) is 13.0 Å². The van der Waals surface area contributed by atoms with Gasteiger partial charge in [0.05, 0.1) is 12.4 Å². The lowest BCUT2D eigenvalue weighted by Gasteiger charge is -2.25. The summed E-state index contributed by atoms with van der Waals surface area (Å²) in [6, 6.07) is 14.0. The summed E-state index contributed by atoms with van der Waals surface area (Å²) in [5, 5.41) is 13.0. The number of nitrogens with one attached hydrogen (secondary N) is 1. The number of para-hydroxylation sites is 1. The Labute approximate surface area is 183 Å². The van der Waals surface area contributed by atoms with Crippen LogP contribution in [0.2, 0.25) is 0 Å². The van der Waals surface area contributed by atoms with E-state index in [4.69, 9.17) is 9.47 Å². The van der Waals surface area contributed by atoms with Crippen molar-refractivity contribution < 1.29 is 24.2 Å². The van der Waals surface area contributed by atoms with Crippen LogP contribution >= 0.6 is 35.2 Å². The van der Waals surface area contributed by atoms with Gasteiger partial charge in [-0.05, 0) is 59.3 Å². The molecule has 0 unspecified atom stereocenters. The summed E-state index contributed by atoms with van der Waals surface area (Å²) < 4.78 is 11.6. The molecule has 0 aliphatic carbocycles. The van der Waals surface area contributed by atoms with Crippen LogP contribution in [0.5, 0.6) is 5.75 Å². The molecule has 0 heterocycles. The molecule has 2 aromatic rings. The molecule has 0 aromatic heterocycles. The fourth-order valence-corrected chi connectivity index (χ4v) is 3.19. The van der Waals surface area contributed by atoms with Gasteiger partial charge in [0.15, 0.2) is 0 Å². The van der Waals surface area contributed by atoms with E-state index in [0.29, 0.717) is 17.7 Å². The van der Waals surface area contributed by atoms with Crippen molar-refractivity contribution in [2.24, 2.45) is 5.92 Å². The molecule has 2 atom stereocenters. The summed E-state index contributed by atoms with van der Waals surface area (Å²) in [6.45, 7) is 2.04. The highest BCUT2D eigenvalue weighted by Crippen LogP contribution is 2.35. The first-order chi connectivity index (χ1) is 13.4. The fraction of sp³-hybridized carbons (Fsp3) is 0.300. The lowest BCUT2D eigenvalue weighted by atomic mass is 9.94. The van der Waals surface area contributed by atoms with E-state index in [9.17, 15) is 14.7 Å². The number of hydrogen-bond acceptors (Lipinski definition) is 6. The highest BCUT2D eigenvalue weighted by molar-refractivity contribution is 14.1. The van der Waals surface area contributed by atoms with Gasteiger partial charge in [0, 0.05) is 20.7 Å². The number of esters is 1. The van der Waals surface area contributed by atoms with E-state index in [1.54, 1.807) is 42.5 Å². The van der Waals surface area contributed by atoms with Gasteiger partial charge in [-0.25, -0.2) is 4.79 Å². The molecule has 2 rings (SSSR count). The van der Waals surface area contributed by atoms with Crippen LogP contribution in [0.25, 0.3) is 0 Å². The largest absolute Gasteiger partial charge is 0.508 e. The molecule has 0 aliphatic rings. The van der Waals surface area contributed by atoms with Crippen LogP contribution in [0.1, 0.15) is 25.0 Å². The van der Waals surface area contributed by atoms with E-state index >= 15 is 0 Å². The zero-order chi connectivity index (χ0) is 20.5. The van der Waals surface area contributed by atoms with Crippen LogP contribution < -0.4 is 5.32 Å². The Balaban J connectivity index is 2.14. The van der Waals surface area contributed by atoms with Gasteiger partial charge in [0.25, 0.3) is 0 Å². The minimum absolute atomic E-state index is 0.00542. The molecule has 1 amide bonds. The van der Waals surface area contributed by atoms with Crippen LogP contribution in [0.15, 0.2) is 48.5 Å². The van der Waals surface area contributed by atoms with Gasteiger partial charge in [-0.2, -0.15) is 12.6 Å². The van der Waals surface area contributed by atoms with Crippen molar-refractivity contribution in [2.45, 2.75) is 19.4 Å². The van der Waals surface area contributed by atoms with Crippen LogP contribution in [-0.2, 0) is 14.3 Å². The Morgan fingerprint density at radius 1 is 1.21 bits per heavy atom. The SMILES string of the molecule is C[C@H](CCOC(=O)CS)[C@H](OC(=O)Nc1ccccc1)c1cc(I)ccc1O. The van der Waals surface area contributed by atoms with Crippen molar-refractivity contribution in [1.29, 1.82) is 0 Å². The lowest BCUT2D eigenvalue weighted by molar-refractivity contribution is -0.141. The van der Waals surface area contributed by atoms with Crippen molar-refractivity contribution in [2.75, 3.05) is 17.7 Å². The summed E-state index contributed by atoms with van der Waals surface area (Å²) in [4.78, 5) is 23.7. The second-order valence-corrected chi connectivity index (χ2v) is 7.73. The number of ether oxygens (including phenoxy) is 2. The molecule has 2 N–H and O–H groups in total. The molecule has 8 heteroatoms. The van der Waals surface area contributed by atoms with Crippen LogP contribution in [0, 0.1) is 9.49 Å². The Hall–Kier alpha value is -1.94. The molecule has 0 spiro atoms. The molecule has 28 heavy (non-hydrogen) atoms. The minimum Gasteiger partial charge on any atom is -0.508 e. The third-order valence-corrected chi connectivity index (χ3v) is 4.96. The molecular weight excluding hydrogens is 493 g/mol. The summed E-state index contributed by atoms with van der Waals surface area (Å²) in [6.07, 6.45) is -0.893. The van der Waals surface area contributed by atoms with Gasteiger partial charge in [-0.1, -0.05) is 25.1 Å². The number of carbonyl (C=O) groups is 2. The maximum absolute atomic E-state index is 12.4. The first kappa shape index (κ1) is 22.4. The third-order valence-electron chi connectivity index (χ3n) is 4.03. The molecule has 2 aromatic carbocycles. The van der Waals surface area contributed by atoms with Crippen LogP contribution in [-0.4, -0.2) is 29.5 Å². The number of rotatable bonds is 8. The second-order valence-electron chi connectivity index (χ2n) is 6.16. The quantitative estimate of drug-likeness (QED) is 0.268. The fourth-order valence-electron chi connectivity index (χ4n) is 2.58. The molecule has 150 valence electrons. The number of aromatic hydroxyl groups is 1. The number of phenols is 1. The van der Waals surface area contributed by atoms with Crippen LogP contribution in [0.3, 0.4) is 0 Å². The van der Waals surface area contributed by atoms with Crippen molar-refractivity contribution in [3.05, 3.63) is 57.7 Å². The van der Waals surface area contributed by atoms with Crippen LogP contribution in [0.4, 0.5) is 10.5 Å². The molecule has 6 nitrogen and oxygen atoms in total. The van der Waals surface area contributed by atoms with Gasteiger partial charge >= 0.3 is 12.1 Å². The normalized spacial score (nSPS) is 12.7.